The molecule has 2 heterocycles. The molecule has 0 radical (unpaired) electrons. The highest BCUT2D eigenvalue weighted by atomic mass is 32.1. The van der Waals surface area contributed by atoms with Crippen LogP contribution in [0.25, 0.3) is 10.2 Å². The van der Waals surface area contributed by atoms with E-state index in [0.29, 0.717) is 10.9 Å². The van der Waals surface area contributed by atoms with Crippen LogP contribution in [0.2, 0.25) is 0 Å². The van der Waals surface area contributed by atoms with Gasteiger partial charge in [-0.1, -0.05) is 23.5 Å². The fourth-order valence-corrected chi connectivity index (χ4v) is 3.14. The molecular formula is C16H14N6O2S. The van der Waals surface area contributed by atoms with E-state index in [-0.39, 0.29) is 12.5 Å². The van der Waals surface area contributed by atoms with Crippen LogP contribution in [0.4, 0.5) is 10.8 Å². The Balaban J connectivity index is 1.32. The van der Waals surface area contributed by atoms with Crippen LogP contribution in [0.5, 0.6) is 5.75 Å². The van der Waals surface area contributed by atoms with Crippen molar-refractivity contribution in [2.45, 2.75) is 0 Å². The van der Waals surface area contributed by atoms with Crippen LogP contribution in [0.15, 0.2) is 53.6 Å². The van der Waals surface area contributed by atoms with Gasteiger partial charge in [-0.2, -0.15) is 5.10 Å². The highest BCUT2D eigenvalue weighted by molar-refractivity contribution is 7.22. The summed E-state index contributed by atoms with van der Waals surface area (Å²) < 4.78 is 6.54. The predicted octanol–water partition coefficient (Wildman–Crippen LogP) is 2.09. The van der Waals surface area contributed by atoms with E-state index in [4.69, 9.17) is 4.74 Å². The molecule has 3 aromatic rings. The first-order chi connectivity index (χ1) is 12.3. The van der Waals surface area contributed by atoms with Crippen molar-refractivity contribution in [3.05, 3.63) is 48.5 Å². The Morgan fingerprint density at radius 1 is 1.20 bits per heavy atom. The number of hydrazone groups is 1. The number of anilines is 2. The van der Waals surface area contributed by atoms with E-state index in [1.165, 1.54) is 11.3 Å². The van der Waals surface area contributed by atoms with Crippen molar-refractivity contribution < 1.29 is 9.53 Å². The normalized spacial score (nSPS) is 13.0. The average molecular weight is 354 g/mol. The van der Waals surface area contributed by atoms with Crippen LogP contribution in [-0.4, -0.2) is 23.8 Å². The molecule has 1 aliphatic rings. The van der Waals surface area contributed by atoms with E-state index in [1.807, 2.05) is 36.4 Å². The van der Waals surface area contributed by atoms with Gasteiger partial charge in [-0.05, 0) is 36.4 Å². The number of nitrogens with zero attached hydrogens (tertiary/aromatic N) is 3. The molecule has 8 nitrogen and oxygen atoms in total. The minimum absolute atomic E-state index is 0.0831. The lowest BCUT2D eigenvalue weighted by Gasteiger charge is -2.13. The molecule has 0 fully saturated rings. The molecule has 4 rings (SSSR count). The van der Waals surface area contributed by atoms with E-state index in [1.54, 1.807) is 23.5 Å². The minimum atomic E-state index is -0.249. The van der Waals surface area contributed by atoms with Crippen molar-refractivity contribution in [1.29, 1.82) is 0 Å². The van der Waals surface area contributed by atoms with Gasteiger partial charge >= 0.3 is 0 Å². The maximum atomic E-state index is 12.0. The zero-order chi connectivity index (χ0) is 17.1. The number of hydrogen-bond acceptors (Lipinski definition) is 8. The summed E-state index contributed by atoms with van der Waals surface area (Å²) in [7, 11) is 0. The van der Waals surface area contributed by atoms with Crippen LogP contribution in [0, 0.1) is 0 Å². The molecule has 0 saturated carbocycles. The molecule has 0 bridgehead atoms. The van der Waals surface area contributed by atoms with Crippen molar-refractivity contribution in [2.24, 2.45) is 5.10 Å². The Bertz CT molecular complexity index is 891. The van der Waals surface area contributed by atoms with Gasteiger partial charge in [0.2, 0.25) is 0 Å². The fraction of sp³-hybridized carbons (Fsp3) is 0.0625. The van der Waals surface area contributed by atoms with Crippen LogP contribution in [0.3, 0.4) is 0 Å². The third-order valence-electron chi connectivity index (χ3n) is 3.43. The number of aromatic nitrogens is 1. The number of thiazole rings is 1. The first-order valence-corrected chi connectivity index (χ1v) is 8.31. The van der Waals surface area contributed by atoms with Crippen molar-refractivity contribution in [3.63, 3.8) is 0 Å². The number of hydrogen-bond donors (Lipinski definition) is 3. The van der Waals surface area contributed by atoms with Gasteiger partial charge in [0.25, 0.3) is 5.91 Å². The number of carbonyl (C=O) groups excluding carboxylic acids is 1. The average Bonchev–Trinajstić information content (AvgIpc) is 3.29. The van der Waals surface area contributed by atoms with Gasteiger partial charge in [0, 0.05) is 0 Å². The Morgan fingerprint density at radius 2 is 2.04 bits per heavy atom. The summed E-state index contributed by atoms with van der Waals surface area (Å²) >= 11 is 1.43. The van der Waals surface area contributed by atoms with Crippen LogP contribution >= 0.6 is 11.3 Å². The van der Waals surface area contributed by atoms with Gasteiger partial charge in [-0.25, -0.2) is 15.5 Å². The number of ether oxygens (including phenoxy) is 1. The second kappa shape index (κ2) is 6.75. The third-order valence-corrected chi connectivity index (χ3v) is 4.39. The van der Waals surface area contributed by atoms with E-state index >= 15 is 0 Å². The van der Waals surface area contributed by atoms with Gasteiger partial charge in [0.05, 0.1) is 15.9 Å². The molecular weight excluding hydrogens is 340 g/mol. The number of fused-ring (bicyclic) bond motifs is 1. The summed E-state index contributed by atoms with van der Waals surface area (Å²) in [6.45, 7) is -0.0831. The highest BCUT2D eigenvalue weighted by Crippen LogP contribution is 2.25. The fourth-order valence-electron chi connectivity index (χ4n) is 2.26. The largest absolute Gasteiger partial charge is 0.484 e. The SMILES string of the molecule is O=C(COc1ccc(N2C=NNN2)cc1)Nc1nc2ccccc2s1. The molecule has 0 atom stereocenters. The molecule has 0 saturated heterocycles. The van der Waals surface area contributed by atoms with E-state index in [0.717, 1.165) is 15.9 Å². The van der Waals surface area contributed by atoms with E-state index < -0.39 is 0 Å². The van der Waals surface area contributed by atoms with Crippen molar-refractivity contribution in [1.82, 2.24) is 16.1 Å². The van der Waals surface area contributed by atoms with Gasteiger partial charge in [0.1, 0.15) is 12.1 Å². The zero-order valence-electron chi connectivity index (χ0n) is 13.0. The number of rotatable bonds is 5. The van der Waals surface area contributed by atoms with Crippen LogP contribution < -0.4 is 26.1 Å². The maximum Gasteiger partial charge on any atom is 0.264 e. The summed E-state index contributed by atoms with van der Waals surface area (Å²) in [5.41, 5.74) is 7.20. The van der Waals surface area contributed by atoms with Crippen molar-refractivity contribution in [3.8, 4) is 5.75 Å². The van der Waals surface area contributed by atoms with Crippen molar-refractivity contribution in [2.75, 3.05) is 16.9 Å². The lowest BCUT2D eigenvalue weighted by molar-refractivity contribution is -0.118. The predicted molar refractivity (Wildman–Crippen MR) is 97.4 cm³/mol. The number of carbonyl (C=O) groups is 1. The smallest absolute Gasteiger partial charge is 0.264 e. The first kappa shape index (κ1) is 15.4. The van der Waals surface area contributed by atoms with Gasteiger partial charge in [-0.15, -0.1) is 5.53 Å². The molecule has 1 aromatic heterocycles. The van der Waals surface area contributed by atoms with Gasteiger partial charge < -0.3 is 4.74 Å². The summed E-state index contributed by atoms with van der Waals surface area (Å²) in [5.74, 6) is 0.355. The molecule has 9 heteroatoms. The highest BCUT2D eigenvalue weighted by Gasteiger charge is 2.10. The second-order valence-corrected chi connectivity index (χ2v) is 6.19. The Hall–Kier alpha value is -3.17. The molecule has 1 amide bonds. The molecule has 3 N–H and O–H groups in total. The maximum absolute atomic E-state index is 12.0. The summed E-state index contributed by atoms with van der Waals surface area (Å²) in [6, 6.07) is 15.0. The molecule has 2 aromatic carbocycles. The second-order valence-electron chi connectivity index (χ2n) is 5.16. The molecule has 0 aliphatic carbocycles. The third kappa shape index (κ3) is 3.52. The number of nitrogens with one attached hydrogen (secondary N) is 3. The lowest BCUT2D eigenvalue weighted by atomic mass is 10.3. The monoisotopic (exact) mass is 354 g/mol. The quantitative estimate of drug-likeness (QED) is 0.650. The van der Waals surface area contributed by atoms with E-state index in [2.05, 4.69) is 26.5 Å². The minimum Gasteiger partial charge on any atom is -0.484 e. The number of hydrazine groups is 2. The van der Waals surface area contributed by atoms with Crippen LogP contribution in [-0.2, 0) is 4.79 Å². The first-order valence-electron chi connectivity index (χ1n) is 7.49. The number of amides is 1. The molecule has 1 aliphatic heterocycles. The lowest BCUT2D eigenvalue weighted by Crippen LogP contribution is -2.37. The topological polar surface area (TPSA) is 90.9 Å². The molecule has 0 unspecified atom stereocenters. The molecule has 25 heavy (non-hydrogen) atoms. The van der Waals surface area contributed by atoms with Gasteiger partial charge in [0.15, 0.2) is 11.7 Å². The van der Waals surface area contributed by atoms with Crippen LogP contribution in [0.1, 0.15) is 0 Å². The Labute approximate surface area is 147 Å². The molecule has 126 valence electrons. The Morgan fingerprint density at radius 3 is 2.80 bits per heavy atom. The standard InChI is InChI=1S/C16H14N6O2S/c23-15(19-16-18-13-3-1-2-4-14(13)25-16)9-24-12-7-5-11(6-8-12)22-10-17-20-21-22/h1-8,10,20-21H,9H2,(H,18,19,23). The Kier molecular flexibility index (Phi) is 4.15. The summed E-state index contributed by atoms with van der Waals surface area (Å²) in [4.78, 5) is 16.4. The van der Waals surface area contributed by atoms with E-state index in [9.17, 15) is 4.79 Å². The molecule has 0 spiro atoms. The number of benzene rings is 2. The van der Waals surface area contributed by atoms with Gasteiger partial charge in [-0.3, -0.25) is 10.1 Å². The summed E-state index contributed by atoms with van der Waals surface area (Å²) in [5, 5.41) is 8.87. The van der Waals surface area contributed by atoms with Crippen molar-refractivity contribution >= 4 is 44.6 Å². The number of para-hydroxylation sites is 1. The zero-order valence-corrected chi connectivity index (χ0v) is 13.8. The summed E-state index contributed by atoms with van der Waals surface area (Å²) in [6.07, 6.45) is 1.61.